The summed E-state index contributed by atoms with van der Waals surface area (Å²) in [5, 5.41) is 0. The van der Waals surface area contributed by atoms with Crippen molar-refractivity contribution in [1.82, 2.24) is 0 Å². The molecular formula is HO8PTiW. The fourth-order valence-corrected chi connectivity index (χ4v) is 0. The van der Waals surface area contributed by atoms with Crippen LogP contribution in [-0.2, 0) is 49.8 Å². The van der Waals surface area contributed by atoms with Crippen LogP contribution in [0.5, 0.6) is 0 Å². The van der Waals surface area contributed by atoms with Gasteiger partial charge in [-0.1, -0.05) is 0 Å². The van der Waals surface area contributed by atoms with Gasteiger partial charge in [0.15, 0.2) is 0 Å². The van der Waals surface area contributed by atoms with Gasteiger partial charge in [0.2, 0.25) is 0 Å². The maximum atomic E-state index is 8.76. The molecule has 8 nitrogen and oxygen atoms in total. The molecule has 11 heteroatoms. The maximum Gasteiger partial charge on any atom is 4.00 e. The van der Waals surface area contributed by atoms with Crippen molar-refractivity contribution in [3.05, 3.63) is 0 Å². The molecule has 0 saturated heterocycles. The van der Waals surface area contributed by atoms with Gasteiger partial charge in [0.1, 0.15) is 0 Å². The van der Waals surface area contributed by atoms with E-state index in [4.69, 9.17) is 33.6 Å². The van der Waals surface area contributed by atoms with Gasteiger partial charge in [-0.25, -0.2) is 0 Å². The zero-order chi connectivity index (χ0) is 9.00. The maximum absolute atomic E-state index is 8.76. The van der Waals surface area contributed by atoms with E-state index in [1.807, 2.05) is 0 Å². The third-order valence-electron chi connectivity index (χ3n) is 0. The molecule has 0 aliphatic carbocycles. The molecule has 0 spiro atoms. The van der Waals surface area contributed by atoms with Crippen molar-refractivity contribution in [3.63, 3.8) is 0 Å². The second-order valence-electron chi connectivity index (χ2n) is 0.875. The van der Waals surface area contributed by atoms with Gasteiger partial charge in [-0.2, -0.15) is 7.82 Å². The van der Waals surface area contributed by atoms with Gasteiger partial charge in [0, 0.05) is 0 Å². The number of hydrogen-bond donors (Lipinski definition) is 1. The average Bonchev–Trinajstić information content (AvgIpc) is 1.12. The first kappa shape index (κ1) is 18.0. The zero-order valence-corrected chi connectivity index (χ0v) is 10.0. The van der Waals surface area contributed by atoms with Crippen LogP contribution in [0.15, 0.2) is 0 Å². The van der Waals surface area contributed by atoms with E-state index in [1.165, 1.54) is 0 Å². The van der Waals surface area contributed by atoms with Gasteiger partial charge in [0.05, 0.1) is 0 Å². The Morgan fingerprint density at radius 1 is 1.18 bits per heavy atom. The minimum Gasteiger partial charge on any atom is 4.00 e. The molecule has 1 N–H and O–H groups in total. The Morgan fingerprint density at radius 3 is 1.18 bits per heavy atom. The quantitative estimate of drug-likeness (QED) is 0.317. The molecule has 0 aromatic carbocycles. The fourth-order valence-electron chi connectivity index (χ4n) is 0. The third-order valence-corrected chi connectivity index (χ3v) is 0. The van der Waals surface area contributed by atoms with Gasteiger partial charge < -0.3 is 19.2 Å². The summed E-state index contributed by atoms with van der Waals surface area (Å²) in [7, 11) is -5.39. The first-order valence-electron chi connectivity index (χ1n) is 1.41. The summed E-state index contributed by atoms with van der Waals surface area (Å²) < 4.78 is 41.9. The Labute approximate surface area is 79.7 Å². The Morgan fingerprint density at radius 2 is 1.18 bits per heavy atom. The van der Waals surface area contributed by atoms with Gasteiger partial charge in [0.25, 0.3) is 0 Å². The number of hydrogen-bond acceptors (Lipinski definition) is 7. The molecule has 0 aliphatic rings. The molecule has 64 valence electrons. The molecule has 0 aliphatic heterocycles. The summed E-state index contributed by atoms with van der Waals surface area (Å²) in [5.74, 6) is 0. The van der Waals surface area contributed by atoms with Crippen LogP contribution < -0.4 is 18.4 Å². The van der Waals surface area contributed by atoms with Crippen LogP contribution in [0.3, 0.4) is 0 Å². The summed E-state index contributed by atoms with van der Waals surface area (Å²) >= 11 is -5.92. The smallest absolute Gasteiger partial charge is 4.00 e. The summed E-state index contributed by atoms with van der Waals surface area (Å²) in [5.41, 5.74) is 0. The van der Waals surface area contributed by atoms with Crippen LogP contribution in [0.2, 0.25) is 0 Å². The van der Waals surface area contributed by atoms with Gasteiger partial charge in [-0.05, 0) is 0 Å². The second-order valence-corrected chi connectivity index (χ2v) is 4.84. The molecular weight excluding hydrogens is 391 g/mol. The Hall–Kier alpha value is 1.03. The van der Waals surface area contributed by atoms with Crippen LogP contribution in [0.25, 0.3) is 0 Å². The second kappa shape index (κ2) is 6.54. The Balaban J connectivity index is -0.000000107. The zero-order valence-electron chi connectivity index (χ0n) is 4.66. The van der Waals surface area contributed by atoms with Crippen molar-refractivity contribution in [1.29, 1.82) is 0 Å². The van der Waals surface area contributed by atoms with E-state index in [-0.39, 0.29) is 21.7 Å². The largest absolute Gasteiger partial charge is 4.00 e. The van der Waals surface area contributed by atoms with Gasteiger partial charge in [-0.15, -0.1) is 0 Å². The Kier molecular flexibility index (Phi) is 10.7. The van der Waals surface area contributed by atoms with Crippen LogP contribution in [0.4, 0.5) is 0 Å². The standard InChI is InChI=1S/H3O4P.H2O.3O.Ti.W/c1-5(2,3)4;;;;;;/h(H3,1,2,3,4);1H2;;;;;/q;;;;-1;+4;+1/p-4. The van der Waals surface area contributed by atoms with Gasteiger partial charge >= 0.3 is 52.8 Å². The van der Waals surface area contributed by atoms with Crippen molar-refractivity contribution in [2.75, 3.05) is 0 Å². The minimum atomic E-state index is -5.92. The van der Waals surface area contributed by atoms with Crippen molar-refractivity contribution in [2.24, 2.45) is 0 Å². The summed E-state index contributed by atoms with van der Waals surface area (Å²) in [4.78, 5) is 25.6. The van der Waals surface area contributed by atoms with E-state index < -0.39 is 24.6 Å². The van der Waals surface area contributed by atoms with Crippen molar-refractivity contribution >= 4 is 7.82 Å². The van der Waals surface area contributed by atoms with Gasteiger partial charge in [-0.3, -0.25) is 0 Å². The van der Waals surface area contributed by atoms with Crippen LogP contribution in [0.1, 0.15) is 0 Å². The molecule has 0 atom stereocenters. The van der Waals surface area contributed by atoms with Crippen molar-refractivity contribution < 1.29 is 72.0 Å². The van der Waals surface area contributed by atoms with E-state index in [2.05, 4.69) is 0 Å². The average molecular weight is 392 g/mol. The van der Waals surface area contributed by atoms with E-state index in [0.717, 1.165) is 0 Å². The van der Waals surface area contributed by atoms with Crippen LogP contribution in [0, 0.1) is 0 Å². The first-order chi connectivity index (χ1) is 4.00. The predicted molar refractivity (Wildman–Crippen MR) is 11.2 cm³/mol. The fraction of sp³-hybridized carbons (Fsp3) is 0. The summed E-state index contributed by atoms with van der Waals surface area (Å²) in [6, 6.07) is 0. The third kappa shape index (κ3) is 844. The molecule has 0 amide bonds. The van der Waals surface area contributed by atoms with E-state index >= 15 is 0 Å². The summed E-state index contributed by atoms with van der Waals surface area (Å²) in [6.07, 6.45) is 0. The normalized spacial score (nSPS) is 10.6. The predicted octanol–water partition coefficient (Wildman–Crippen LogP) is -4.81. The van der Waals surface area contributed by atoms with Crippen LogP contribution in [-0.4, -0.2) is 3.76 Å². The van der Waals surface area contributed by atoms with E-state index in [0.29, 0.717) is 0 Å². The first-order valence-corrected chi connectivity index (χ1v) is 7.78. The molecule has 0 heterocycles. The molecule has 0 rings (SSSR count). The monoisotopic (exact) mass is 392 g/mol. The topological polar surface area (TPSA) is 164 Å². The molecule has 0 unspecified atom stereocenters. The van der Waals surface area contributed by atoms with Crippen molar-refractivity contribution in [2.45, 2.75) is 0 Å². The molecule has 0 aromatic heterocycles. The SMILES string of the molecule is O=P([O-])([O-])[O-].[O]=[W](=[O])([O-])[OH].[Ti+4]. The molecule has 0 radical (unpaired) electrons. The van der Waals surface area contributed by atoms with E-state index in [9.17, 15) is 0 Å². The van der Waals surface area contributed by atoms with Crippen LogP contribution >= 0.6 is 7.82 Å². The van der Waals surface area contributed by atoms with Crippen molar-refractivity contribution in [3.8, 4) is 0 Å². The molecule has 11 heavy (non-hydrogen) atoms. The number of phosphoric acid groups is 1. The molecule has 0 bridgehead atoms. The Bertz CT molecular complexity index is 192. The van der Waals surface area contributed by atoms with E-state index in [1.54, 1.807) is 0 Å². The molecule has 0 fully saturated rings. The summed E-state index contributed by atoms with van der Waals surface area (Å²) in [6.45, 7) is 0. The minimum absolute atomic E-state index is 0. The number of rotatable bonds is 0. The molecule has 0 aromatic rings. The molecule has 0 saturated carbocycles.